The molecule has 0 aliphatic heterocycles. The molecular formula is C16H14ClFN2OS. The van der Waals surface area contributed by atoms with Gasteiger partial charge >= 0.3 is 0 Å². The molecule has 0 aromatic heterocycles. The fraction of sp³-hybridized carbons (Fsp3) is 0.125. The Morgan fingerprint density at radius 2 is 2.14 bits per heavy atom. The average molecular weight is 337 g/mol. The van der Waals surface area contributed by atoms with Crippen molar-refractivity contribution >= 4 is 35.5 Å². The average Bonchev–Trinajstić information content (AvgIpc) is 2.49. The highest BCUT2D eigenvalue weighted by Gasteiger charge is 2.08. The fourth-order valence-corrected chi connectivity index (χ4v) is 2.64. The molecule has 2 aromatic carbocycles. The van der Waals surface area contributed by atoms with E-state index in [9.17, 15) is 9.18 Å². The van der Waals surface area contributed by atoms with Gasteiger partial charge in [-0.05, 0) is 36.1 Å². The van der Waals surface area contributed by atoms with E-state index in [1.165, 1.54) is 12.3 Å². The molecule has 3 nitrogen and oxygen atoms in total. The predicted octanol–water partition coefficient (Wildman–Crippen LogP) is 3.89. The van der Waals surface area contributed by atoms with Crippen molar-refractivity contribution in [3.05, 3.63) is 64.4 Å². The summed E-state index contributed by atoms with van der Waals surface area (Å²) in [6.45, 7) is 0. The molecule has 1 amide bonds. The molecule has 1 N–H and O–H groups in total. The second-order valence-electron chi connectivity index (χ2n) is 4.45. The normalized spacial score (nSPS) is 10.9. The molecule has 0 saturated heterocycles. The molecule has 0 aliphatic rings. The van der Waals surface area contributed by atoms with Crippen LogP contribution in [-0.4, -0.2) is 18.4 Å². The van der Waals surface area contributed by atoms with Gasteiger partial charge in [-0.15, -0.1) is 11.8 Å². The Hall–Kier alpha value is -1.85. The van der Waals surface area contributed by atoms with E-state index in [1.54, 1.807) is 42.1 Å². The number of rotatable bonds is 5. The first kappa shape index (κ1) is 16.5. The van der Waals surface area contributed by atoms with Crippen LogP contribution in [0.25, 0.3) is 0 Å². The highest BCUT2D eigenvalue weighted by molar-refractivity contribution is 7.98. The van der Waals surface area contributed by atoms with Crippen molar-refractivity contribution in [2.45, 2.75) is 11.3 Å². The van der Waals surface area contributed by atoms with Gasteiger partial charge in [0.25, 0.3) is 0 Å². The van der Waals surface area contributed by atoms with Gasteiger partial charge in [-0.1, -0.05) is 29.8 Å². The maximum absolute atomic E-state index is 13.4. The molecular weight excluding hydrogens is 323 g/mol. The summed E-state index contributed by atoms with van der Waals surface area (Å²) in [5.74, 6) is -0.676. The van der Waals surface area contributed by atoms with E-state index < -0.39 is 0 Å². The summed E-state index contributed by atoms with van der Waals surface area (Å²) in [4.78, 5) is 12.9. The third-order valence-corrected chi connectivity index (χ3v) is 3.96. The van der Waals surface area contributed by atoms with Gasteiger partial charge in [0.05, 0.1) is 12.6 Å². The third-order valence-electron chi connectivity index (χ3n) is 2.89. The molecule has 6 heteroatoms. The van der Waals surface area contributed by atoms with Crippen molar-refractivity contribution in [1.82, 2.24) is 5.43 Å². The van der Waals surface area contributed by atoms with Crippen molar-refractivity contribution in [2.24, 2.45) is 5.10 Å². The van der Waals surface area contributed by atoms with E-state index >= 15 is 0 Å². The second kappa shape index (κ2) is 7.96. The van der Waals surface area contributed by atoms with Gasteiger partial charge in [0.2, 0.25) is 5.91 Å². The number of nitrogens with zero attached hydrogens (tertiary/aromatic N) is 1. The smallest absolute Gasteiger partial charge is 0.244 e. The Bertz CT molecular complexity index is 706. The van der Waals surface area contributed by atoms with Crippen molar-refractivity contribution in [2.75, 3.05) is 6.26 Å². The zero-order valence-corrected chi connectivity index (χ0v) is 13.4. The van der Waals surface area contributed by atoms with Crippen LogP contribution in [-0.2, 0) is 11.2 Å². The van der Waals surface area contributed by atoms with E-state index in [2.05, 4.69) is 10.5 Å². The lowest BCUT2D eigenvalue weighted by Gasteiger charge is -2.07. The number of hydrogen-bond donors (Lipinski definition) is 1. The Labute approximate surface area is 137 Å². The molecule has 0 radical (unpaired) electrons. The Balaban J connectivity index is 1.99. The maximum atomic E-state index is 13.4. The number of halogens is 2. The number of carbonyl (C=O) groups is 1. The second-order valence-corrected chi connectivity index (χ2v) is 5.73. The molecule has 22 heavy (non-hydrogen) atoms. The lowest BCUT2D eigenvalue weighted by molar-refractivity contribution is -0.120. The quantitative estimate of drug-likeness (QED) is 0.511. The minimum Gasteiger partial charge on any atom is -0.273 e. The highest BCUT2D eigenvalue weighted by Crippen LogP contribution is 2.24. The topological polar surface area (TPSA) is 41.5 Å². The Morgan fingerprint density at radius 1 is 1.36 bits per heavy atom. The highest BCUT2D eigenvalue weighted by atomic mass is 35.5. The van der Waals surface area contributed by atoms with Gasteiger partial charge in [-0.25, -0.2) is 9.82 Å². The molecule has 0 heterocycles. The minimum absolute atomic E-state index is 0.158. The number of nitrogens with one attached hydrogen (secondary N) is 1. The molecule has 0 atom stereocenters. The van der Waals surface area contributed by atoms with Crippen molar-refractivity contribution in [3.63, 3.8) is 0 Å². The number of thioether (sulfide) groups is 1. The van der Waals surface area contributed by atoms with E-state index in [0.29, 0.717) is 10.6 Å². The summed E-state index contributed by atoms with van der Waals surface area (Å²) in [6.07, 6.45) is 3.37. The summed E-state index contributed by atoms with van der Waals surface area (Å²) in [5, 5.41) is 4.35. The van der Waals surface area contributed by atoms with Crippen LogP contribution in [0.15, 0.2) is 52.5 Å². The van der Waals surface area contributed by atoms with Gasteiger partial charge in [-0.2, -0.15) is 5.10 Å². The largest absolute Gasteiger partial charge is 0.273 e. The molecule has 0 bridgehead atoms. The summed E-state index contributed by atoms with van der Waals surface area (Å²) in [6, 6.07) is 11.6. The fourth-order valence-electron chi connectivity index (χ4n) is 1.85. The molecule has 114 valence electrons. The first-order valence-electron chi connectivity index (χ1n) is 6.49. The Kier molecular flexibility index (Phi) is 5.98. The molecule has 0 aliphatic carbocycles. The van der Waals surface area contributed by atoms with Gasteiger partial charge in [0.1, 0.15) is 5.82 Å². The van der Waals surface area contributed by atoms with Crippen LogP contribution in [0.3, 0.4) is 0 Å². The van der Waals surface area contributed by atoms with Crippen LogP contribution >= 0.6 is 23.4 Å². The van der Waals surface area contributed by atoms with E-state index in [-0.39, 0.29) is 18.1 Å². The number of carbonyl (C=O) groups excluding carboxylic acids is 1. The molecule has 2 aromatic rings. The van der Waals surface area contributed by atoms with Crippen LogP contribution in [0.1, 0.15) is 11.1 Å². The SMILES string of the molecule is CSc1ccc(Cl)cc1CC(=O)N/N=C\c1ccccc1F. The zero-order valence-electron chi connectivity index (χ0n) is 11.8. The van der Waals surface area contributed by atoms with Gasteiger partial charge in [0.15, 0.2) is 0 Å². The molecule has 2 rings (SSSR count). The van der Waals surface area contributed by atoms with Crippen LogP contribution in [0.5, 0.6) is 0 Å². The van der Waals surface area contributed by atoms with Crippen molar-refractivity contribution in [1.29, 1.82) is 0 Å². The summed E-state index contributed by atoms with van der Waals surface area (Å²) in [5.41, 5.74) is 3.54. The molecule has 0 fully saturated rings. The van der Waals surface area contributed by atoms with Gasteiger partial charge in [-0.3, -0.25) is 4.79 Å². The first-order valence-corrected chi connectivity index (χ1v) is 8.09. The monoisotopic (exact) mass is 336 g/mol. The Morgan fingerprint density at radius 3 is 2.86 bits per heavy atom. The molecule has 0 unspecified atom stereocenters. The van der Waals surface area contributed by atoms with Crippen molar-refractivity contribution in [3.8, 4) is 0 Å². The van der Waals surface area contributed by atoms with E-state index in [1.807, 2.05) is 12.3 Å². The summed E-state index contributed by atoms with van der Waals surface area (Å²) < 4.78 is 13.4. The van der Waals surface area contributed by atoms with Gasteiger partial charge in [0, 0.05) is 15.5 Å². The summed E-state index contributed by atoms with van der Waals surface area (Å²) >= 11 is 7.49. The first-order chi connectivity index (χ1) is 10.6. The van der Waals surface area contributed by atoms with Crippen LogP contribution in [0.4, 0.5) is 4.39 Å². The van der Waals surface area contributed by atoms with Crippen molar-refractivity contribution < 1.29 is 9.18 Å². The third kappa shape index (κ3) is 4.58. The lowest BCUT2D eigenvalue weighted by atomic mass is 10.1. The zero-order chi connectivity index (χ0) is 15.9. The van der Waals surface area contributed by atoms with E-state index in [4.69, 9.17) is 11.6 Å². The predicted molar refractivity (Wildman–Crippen MR) is 89.1 cm³/mol. The van der Waals surface area contributed by atoms with Crippen LogP contribution in [0, 0.1) is 5.82 Å². The molecule has 0 spiro atoms. The minimum atomic E-state index is -0.389. The molecule has 0 saturated carbocycles. The van der Waals surface area contributed by atoms with E-state index in [0.717, 1.165) is 10.5 Å². The summed E-state index contributed by atoms with van der Waals surface area (Å²) in [7, 11) is 0. The number of amides is 1. The van der Waals surface area contributed by atoms with Crippen LogP contribution < -0.4 is 5.43 Å². The lowest BCUT2D eigenvalue weighted by Crippen LogP contribution is -2.20. The number of hydrazone groups is 1. The standard InChI is InChI=1S/C16H14ClFN2OS/c1-22-15-7-6-13(17)8-12(15)9-16(21)20-19-10-11-4-2-3-5-14(11)18/h2-8,10H,9H2,1H3,(H,20,21)/b19-10-. The number of hydrogen-bond acceptors (Lipinski definition) is 3. The maximum Gasteiger partial charge on any atom is 0.244 e. The van der Waals surface area contributed by atoms with Gasteiger partial charge < -0.3 is 0 Å². The van der Waals surface area contributed by atoms with Crippen LogP contribution in [0.2, 0.25) is 5.02 Å². The number of benzene rings is 2.